The van der Waals surface area contributed by atoms with E-state index in [0.717, 1.165) is 69.4 Å². The molecule has 0 aliphatic carbocycles. The van der Waals surface area contributed by atoms with Crippen molar-refractivity contribution in [2.24, 2.45) is 0 Å². The van der Waals surface area contributed by atoms with Gasteiger partial charge < -0.3 is 19.3 Å². The average molecular weight is 344 g/mol. The summed E-state index contributed by atoms with van der Waals surface area (Å²) in [7, 11) is 0. The molecule has 0 amide bonds. The SMILES string of the molecule is Cc1cc(N2CCCO[C@H](C)C2)c(C#N)c(N2CCCO[C@@H](C)C2)n1. The van der Waals surface area contributed by atoms with Gasteiger partial charge in [-0.1, -0.05) is 0 Å². The number of hydrogen-bond acceptors (Lipinski definition) is 6. The van der Waals surface area contributed by atoms with Crippen molar-refractivity contribution in [1.82, 2.24) is 4.98 Å². The van der Waals surface area contributed by atoms with E-state index in [1.54, 1.807) is 0 Å². The van der Waals surface area contributed by atoms with Gasteiger partial charge in [0.2, 0.25) is 0 Å². The van der Waals surface area contributed by atoms with E-state index >= 15 is 0 Å². The smallest absolute Gasteiger partial charge is 0.149 e. The Kier molecular flexibility index (Phi) is 5.77. The number of hydrogen-bond donors (Lipinski definition) is 0. The summed E-state index contributed by atoms with van der Waals surface area (Å²) >= 11 is 0. The maximum Gasteiger partial charge on any atom is 0.149 e. The molecular formula is C19H28N4O2. The maximum atomic E-state index is 9.92. The molecule has 3 heterocycles. The Hall–Kier alpha value is -1.84. The van der Waals surface area contributed by atoms with Gasteiger partial charge in [-0.2, -0.15) is 5.26 Å². The topological polar surface area (TPSA) is 61.6 Å². The minimum absolute atomic E-state index is 0.145. The minimum atomic E-state index is 0.145. The van der Waals surface area contributed by atoms with Crippen molar-refractivity contribution in [1.29, 1.82) is 5.26 Å². The summed E-state index contributed by atoms with van der Waals surface area (Å²) in [5.41, 5.74) is 2.61. The molecule has 0 unspecified atom stereocenters. The van der Waals surface area contributed by atoms with Gasteiger partial charge >= 0.3 is 0 Å². The van der Waals surface area contributed by atoms with Gasteiger partial charge in [0.15, 0.2) is 0 Å². The molecule has 2 atom stereocenters. The lowest BCUT2D eigenvalue weighted by molar-refractivity contribution is 0.0819. The zero-order chi connectivity index (χ0) is 17.8. The van der Waals surface area contributed by atoms with Crippen molar-refractivity contribution >= 4 is 11.5 Å². The van der Waals surface area contributed by atoms with Crippen LogP contribution in [-0.4, -0.2) is 56.6 Å². The Balaban J connectivity index is 1.99. The van der Waals surface area contributed by atoms with Gasteiger partial charge in [-0.25, -0.2) is 4.98 Å². The second kappa shape index (κ2) is 8.03. The van der Waals surface area contributed by atoms with Gasteiger partial charge in [0.05, 0.1) is 17.9 Å². The highest BCUT2D eigenvalue weighted by atomic mass is 16.5. The first-order valence-electron chi connectivity index (χ1n) is 9.23. The van der Waals surface area contributed by atoms with E-state index in [1.807, 2.05) is 13.0 Å². The molecule has 1 aromatic heterocycles. The van der Waals surface area contributed by atoms with Gasteiger partial charge in [-0.3, -0.25) is 0 Å². The van der Waals surface area contributed by atoms with E-state index in [-0.39, 0.29) is 12.2 Å². The molecule has 0 saturated carbocycles. The van der Waals surface area contributed by atoms with Crippen molar-refractivity contribution in [2.45, 2.75) is 45.8 Å². The average Bonchev–Trinajstić information content (AvgIpc) is 2.93. The van der Waals surface area contributed by atoms with Crippen molar-refractivity contribution in [2.75, 3.05) is 49.2 Å². The summed E-state index contributed by atoms with van der Waals surface area (Å²) in [5, 5.41) is 9.92. The zero-order valence-electron chi connectivity index (χ0n) is 15.5. The van der Waals surface area contributed by atoms with E-state index in [2.05, 4.69) is 29.7 Å². The highest BCUT2D eigenvalue weighted by molar-refractivity contribution is 5.70. The third-order valence-corrected chi connectivity index (χ3v) is 4.76. The van der Waals surface area contributed by atoms with Gasteiger partial charge in [-0.05, 0) is 39.7 Å². The number of nitriles is 1. The van der Waals surface area contributed by atoms with Crippen molar-refractivity contribution in [3.8, 4) is 6.07 Å². The van der Waals surface area contributed by atoms with Crippen molar-refractivity contribution < 1.29 is 9.47 Å². The van der Waals surface area contributed by atoms with E-state index in [4.69, 9.17) is 14.5 Å². The number of ether oxygens (including phenoxy) is 2. The molecule has 6 nitrogen and oxygen atoms in total. The molecule has 3 rings (SSSR count). The van der Waals surface area contributed by atoms with Crippen LogP contribution in [0.25, 0.3) is 0 Å². The van der Waals surface area contributed by atoms with Crippen LogP contribution >= 0.6 is 0 Å². The molecule has 2 saturated heterocycles. The van der Waals surface area contributed by atoms with Crippen LogP contribution in [0.3, 0.4) is 0 Å². The molecule has 0 N–H and O–H groups in total. The molecule has 2 fully saturated rings. The van der Waals surface area contributed by atoms with E-state index in [0.29, 0.717) is 5.56 Å². The fraction of sp³-hybridized carbons (Fsp3) is 0.684. The Morgan fingerprint density at radius 3 is 2.32 bits per heavy atom. The Morgan fingerprint density at radius 1 is 1.08 bits per heavy atom. The van der Waals surface area contributed by atoms with Crippen LogP contribution in [0.4, 0.5) is 11.5 Å². The van der Waals surface area contributed by atoms with E-state index < -0.39 is 0 Å². The molecule has 0 bridgehead atoms. The Bertz CT molecular complexity index is 598. The highest BCUT2D eigenvalue weighted by Gasteiger charge is 2.25. The molecule has 0 aromatic carbocycles. The van der Waals surface area contributed by atoms with Crippen LogP contribution in [0, 0.1) is 18.3 Å². The standard InChI is InChI=1S/C19H28N4O2/c1-14-10-18(22-6-4-8-24-15(2)12-22)17(11-20)19(21-14)23-7-5-9-25-16(3)13-23/h10,15-16H,4-9,12-13H2,1-3H3/t15-,16+/m1/s1. The van der Waals surface area contributed by atoms with E-state index in [1.165, 1.54) is 0 Å². The quantitative estimate of drug-likeness (QED) is 0.821. The first-order valence-corrected chi connectivity index (χ1v) is 9.23. The summed E-state index contributed by atoms with van der Waals surface area (Å²) in [4.78, 5) is 9.23. The lowest BCUT2D eigenvalue weighted by Gasteiger charge is -2.29. The largest absolute Gasteiger partial charge is 0.377 e. The van der Waals surface area contributed by atoms with Crippen LogP contribution < -0.4 is 9.80 Å². The summed E-state index contributed by atoms with van der Waals surface area (Å²) in [6.45, 7) is 11.1. The van der Waals surface area contributed by atoms with Crippen LogP contribution in [0.2, 0.25) is 0 Å². The predicted molar refractivity (Wildman–Crippen MR) is 98.2 cm³/mol. The van der Waals surface area contributed by atoms with Crippen LogP contribution in [-0.2, 0) is 9.47 Å². The first kappa shape index (κ1) is 18.0. The van der Waals surface area contributed by atoms with Crippen LogP contribution in [0.1, 0.15) is 37.9 Å². The Morgan fingerprint density at radius 2 is 1.68 bits per heavy atom. The molecule has 0 spiro atoms. The molecule has 136 valence electrons. The third kappa shape index (κ3) is 4.23. The number of pyridine rings is 1. The third-order valence-electron chi connectivity index (χ3n) is 4.76. The molecule has 2 aliphatic heterocycles. The highest BCUT2D eigenvalue weighted by Crippen LogP contribution is 2.31. The van der Waals surface area contributed by atoms with Gasteiger partial charge in [0.25, 0.3) is 0 Å². The van der Waals surface area contributed by atoms with Crippen LogP contribution in [0.15, 0.2) is 6.07 Å². The lowest BCUT2D eigenvalue weighted by Crippen LogP contribution is -2.34. The molecular weight excluding hydrogens is 316 g/mol. The molecule has 25 heavy (non-hydrogen) atoms. The number of anilines is 2. The first-order chi connectivity index (χ1) is 12.1. The normalized spacial score (nSPS) is 25.2. The Labute approximate surface area is 150 Å². The van der Waals surface area contributed by atoms with Crippen molar-refractivity contribution in [3.05, 3.63) is 17.3 Å². The molecule has 1 aromatic rings. The summed E-state index contributed by atoms with van der Waals surface area (Å²) < 4.78 is 11.5. The second-order valence-electron chi connectivity index (χ2n) is 7.06. The monoisotopic (exact) mass is 344 g/mol. The second-order valence-corrected chi connectivity index (χ2v) is 7.06. The molecule has 6 heteroatoms. The van der Waals surface area contributed by atoms with Gasteiger partial charge in [0, 0.05) is 45.1 Å². The summed E-state index contributed by atoms with van der Waals surface area (Å²) in [6.07, 6.45) is 2.24. The maximum absolute atomic E-state index is 9.92. The number of rotatable bonds is 2. The molecule has 0 radical (unpaired) electrons. The fourth-order valence-corrected chi connectivity index (χ4v) is 3.63. The number of nitrogens with zero attached hydrogens (tertiary/aromatic N) is 4. The minimum Gasteiger partial charge on any atom is -0.377 e. The zero-order valence-corrected chi connectivity index (χ0v) is 15.5. The number of aromatic nitrogens is 1. The summed E-state index contributed by atoms with van der Waals surface area (Å²) in [6, 6.07) is 4.47. The number of aryl methyl sites for hydroxylation is 1. The van der Waals surface area contributed by atoms with Crippen LogP contribution in [0.5, 0.6) is 0 Å². The lowest BCUT2D eigenvalue weighted by atomic mass is 10.1. The summed E-state index contributed by atoms with van der Waals surface area (Å²) in [5.74, 6) is 0.799. The van der Waals surface area contributed by atoms with Gasteiger partial charge in [-0.15, -0.1) is 0 Å². The predicted octanol–water partition coefficient (Wildman–Crippen LogP) is 2.49. The van der Waals surface area contributed by atoms with Gasteiger partial charge in [0.1, 0.15) is 17.5 Å². The van der Waals surface area contributed by atoms with E-state index in [9.17, 15) is 5.26 Å². The molecule has 2 aliphatic rings. The fourth-order valence-electron chi connectivity index (χ4n) is 3.63. The van der Waals surface area contributed by atoms with Crippen molar-refractivity contribution in [3.63, 3.8) is 0 Å².